The van der Waals surface area contributed by atoms with Crippen LogP contribution in [-0.2, 0) is 14.3 Å². The van der Waals surface area contributed by atoms with Crippen molar-refractivity contribution in [3.05, 3.63) is 0 Å². The number of carbonyl (C=O) groups is 2. The largest absolute Gasteiger partial charge is 0.466 e. The first-order valence-electron chi connectivity index (χ1n) is 42.3. The molecule has 1 amide bonds. The van der Waals surface area contributed by atoms with Crippen LogP contribution in [0.3, 0.4) is 0 Å². The molecule has 2 atom stereocenters. The fourth-order valence-corrected chi connectivity index (χ4v) is 14.0. The molecule has 0 heterocycles. The third-order valence-electron chi connectivity index (χ3n) is 20.4. The van der Waals surface area contributed by atoms with E-state index in [0.29, 0.717) is 25.9 Å². The van der Waals surface area contributed by atoms with Crippen LogP contribution in [0.25, 0.3) is 0 Å². The van der Waals surface area contributed by atoms with Crippen LogP contribution in [0.2, 0.25) is 0 Å². The molecule has 0 bridgehead atoms. The first-order chi connectivity index (χ1) is 44.5. The zero-order valence-electron chi connectivity index (χ0n) is 61.9. The summed E-state index contributed by atoms with van der Waals surface area (Å²) in [5.74, 6) is 0.00191. The number of aliphatic hydroxyl groups excluding tert-OH is 2. The van der Waals surface area contributed by atoms with Gasteiger partial charge < -0.3 is 20.3 Å². The second-order valence-corrected chi connectivity index (χ2v) is 29.5. The van der Waals surface area contributed by atoms with Crippen molar-refractivity contribution in [2.45, 2.75) is 514 Å². The molecule has 0 aromatic heterocycles. The molecule has 0 spiro atoms. The van der Waals surface area contributed by atoms with Gasteiger partial charge in [-0.2, -0.15) is 0 Å². The van der Waals surface area contributed by atoms with Gasteiger partial charge in [-0.05, 0) is 25.7 Å². The lowest BCUT2D eigenvalue weighted by molar-refractivity contribution is -0.143. The Hall–Kier alpha value is -1.14. The third-order valence-corrected chi connectivity index (χ3v) is 20.4. The molecule has 0 radical (unpaired) electrons. The number of unbranched alkanes of at least 4 members (excludes halogenated alkanes) is 70. The molecule has 2 unspecified atom stereocenters. The third kappa shape index (κ3) is 75.9. The Labute approximate surface area is 566 Å². The average Bonchev–Trinajstić information content (AvgIpc) is 3.72. The molecule has 6 nitrogen and oxygen atoms in total. The number of nitrogens with one attached hydrogen (secondary N) is 1. The topological polar surface area (TPSA) is 95.9 Å². The standard InChI is InChI=1S/C84H167NO5/c1-3-5-7-9-11-13-15-17-19-21-23-24-25-31-34-37-41-44-48-52-56-60-64-68-72-76-82(87)81(80-86)85-83(88)77-73-69-65-61-57-53-49-45-42-38-35-32-29-27-26-28-30-33-36-39-43-47-51-55-59-63-67-71-75-79-90-84(89)78-74-70-66-62-58-54-50-46-40-22-20-18-16-14-12-10-8-6-4-2/h81-82,86-87H,3-80H2,1-2H3,(H,85,88). The molecule has 3 N–H and O–H groups in total. The van der Waals surface area contributed by atoms with Crippen LogP contribution in [0.1, 0.15) is 502 Å². The summed E-state index contributed by atoms with van der Waals surface area (Å²) in [6.07, 6.45) is 101. The number of hydrogen-bond donors (Lipinski definition) is 3. The van der Waals surface area contributed by atoms with Gasteiger partial charge in [0.1, 0.15) is 0 Å². The van der Waals surface area contributed by atoms with Crippen molar-refractivity contribution in [1.82, 2.24) is 5.32 Å². The zero-order chi connectivity index (χ0) is 64.9. The molecule has 0 saturated carbocycles. The first kappa shape index (κ1) is 88.9. The Kier molecular flexibility index (Phi) is 79.3. The minimum absolute atomic E-state index is 0.0243. The first-order valence-corrected chi connectivity index (χ1v) is 42.3. The Morgan fingerprint density at radius 2 is 0.456 bits per heavy atom. The summed E-state index contributed by atoms with van der Waals surface area (Å²) in [6, 6.07) is -0.539. The molecule has 90 heavy (non-hydrogen) atoms. The maximum atomic E-state index is 12.6. The Morgan fingerprint density at radius 1 is 0.267 bits per heavy atom. The van der Waals surface area contributed by atoms with E-state index in [1.807, 2.05) is 0 Å². The predicted octanol–water partition coefficient (Wildman–Crippen LogP) is 28.1. The van der Waals surface area contributed by atoms with Crippen molar-refractivity contribution >= 4 is 11.9 Å². The SMILES string of the molecule is CCCCCCCCCCCCCCCCCCCCCCCCCCCC(O)C(CO)NC(=O)CCCCCCCCCCCCCCCCCCCCCCCCCCCCCCCOC(=O)CCCCCCCCCCCCCCCCCCCCC. The summed E-state index contributed by atoms with van der Waals surface area (Å²) in [5.41, 5.74) is 0. The van der Waals surface area contributed by atoms with Gasteiger partial charge in [-0.15, -0.1) is 0 Å². The van der Waals surface area contributed by atoms with E-state index >= 15 is 0 Å². The second-order valence-electron chi connectivity index (χ2n) is 29.5. The minimum atomic E-state index is -0.663. The van der Waals surface area contributed by atoms with E-state index in [9.17, 15) is 19.8 Å². The summed E-state index contributed by atoms with van der Waals surface area (Å²) in [6.45, 7) is 5.03. The van der Waals surface area contributed by atoms with Gasteiger partial charge in [0, 0.05) is 12.8 Å². The van der Waals surface area contributed by atoms with E-state index in [-0.39, 0.29) is 18.5 Å². The quantitative estimate of drug-likeness (QED) is 0.0417. The molecular formula is C84H167NO5. The fourth-order valence-electron chi connectivity index (χ4n) is 14.0. The molecule has 0 saturated heterocycles. The number of esters is 1. The molecule has 0 aliphatic heterocycles. The van der Waals surface area contributed by atoms with Gasteiger partial charge >= 0.3 is 5.97 Å². The van der Waals surface area contributed by atoms with E-state index < -0.39 is 12.1 Å². The van der Waals surface area contributed by atoms with E-state index in [1.54, 1.807) is 0 Å². The maximum Gasteiger partial charge on any atom is 0.305 e. The van der Waals surface area contributed by atoms with Crippen LogP contribution in [0.4, 0.5) is 0 Å². The van der Waals surface area contributed by atoms with Crippen molar-refractivity contribution in [2.24, 2.45) is 0 Å². The Bertz CT molecular complexity index is 1320. The summed E-state index contributed by atoms with van der Waals surface area (Å²) < 4.78 is 5.53. The predicted molar refractivity (Wildman–Crippen MR) is 398 cm³/mol. The summed E-state index contributed by atoms with van der Waals surface area (Å²) in [4.78, 5) is 24.7. The molecule has 6 heteroatoms. The molecule has 0 aliphatic rings. The maximum absolute atomic E-state index is 12.6. The molecule has 538 valence electrons. The van der Waals surface area contributed by atoms with E-state index in [1.165, 1.54) is 430 Å². The second kappa shape index (κ2) is 80.3. The molecule has 0 aromatic carbocycles. The van der Waals surface area contributed by atoms with Crippen LogP contribution in [0, 0.1) is 0 Å². The normalized spacial score (nSPS) is 12.4. The lowest BCUT2D eigenvalue weighted by Crippen LogP contribution is -2.45. The van der Waals surface area contributed by atoms with Gasteiger partial charge in [-0.3, -0.25) is 9.59 Å². The van der Waals surface area contributed by atoms with Crippen LogP contribution in [-0.4, -0.2) is 47.4 Å². The Morgan fingerprint density at radius 3 is 0.678 bits per heavy atom. The summed E-state index contributed by atoms with van der Waals surface area (Å²) >= 11 is 0. The van der Waals surface area contributed by atoms with Gasteiger partial charge in [-0.1, -0.05) is 463 Å². The van der Waals surface area contributed by atoms with Crippen molar-refractivity contribution in [1.29, 1.82) is 0 Å². The van der Waals surface area contributed by atoms with Gasteiger partial charge in [-0.25, -0.2) is 0 Å². The highest BCUT2D eigenvalue weighted by Gasteiger charge is 2.20. The monoisotopic (exact) mass is 1270 g/mol. The minimum Gasteiger partial charge on any atom is -0.466 e. The van der Waals surface area contributed by atoms with Crippen LogP contribution in [0.15, 0.2) is 0 Å². The van der Waals surface area contributed by atoms with Crippen LogP contribution in [0.5, 0.6) is 0 Å². The number of amides is 1. The summed E-state index contributed by atoms with van der Waals surface area (Å²) in [5, 5.41) is 23.5. The summed E-state index contributed by atoms with van der Waals surface area (Å²) in [7, 11) is 0. The smallest absolute Gasteiger partial charge is 0.305 e. The number of ether oxygens (including phenoxy) is 1. The number of rotatable bonds is 81. The van der Waals surface area contributed by atoms with E-state index in [0.717, 1.165) is 38.5 Å². The fraction of sp³-hybridized carbons (Fsp3) is 0.976. The number of hydrogen-bond acceptors (Lipinski definition) is 5. The highest BCUT2D eigenvalue weighted by atomic mass is 16.5. The van der Waals surface area contributed by atoms with Gasteiger partial charge in [0.05, 0.1) is 25.4 Å². The van der Waals surface area contributed by atoms with Crippen molar-refractivity contribution in [3.63, 3.8) is 0 Å². The van der Waals surface area contributed by atoms with Gasteiger partial charge in [0.2, 0.25) is 5.91 Å². The lowest BCUT2D eigenvalue weighted by atomic mass is 10.0. The molecule has 0 fully saturated rings. The van der Waals surface area contributed by atoms with Gasteiger partial charge in [0.15, 0.2) is 0 Å². The number of carbonyl (C=O) groups excluding carboxylic acids is 2. The highest BCUT2D eigenvalue weighted by molar-refractivity contribution is 5.76. The average molecular weight is 1270 g/mol. The molecule has 0 rings (SSSR count). The molecule has 0 aromatic rings. The van der Waals surface area contributed by atoms with Crippen molar-refractivity contribution in [3.8, 4) is 0 Å². The van der Waals surface area contributed by atoms with Crippen molar-refractivity contribution in [2.75, 3.05) is 13.2 Å². The molecular weight excluding hydrogens is 1100 g/mol. The van der Waals surface area contributed by atoms with E-state index in [4.69, 9.17) is 4.74 Å². The van der Waals surface area contributed by atoms with Crippen LogP contribution < -0.4 is 5.32 Å². The van der Waals surface area contributed by atoms with Crippen molar-refractivity contribution < 1.29 is 24.5 Å². The molecule has 0 aliphatic carbocycles. The van der Waals surface area contributed by atoms with Crippen LogP contribution >= 0.6 is 0 Å². The number of aliphatic hydroxyl groups is 2. The van der Waals surface area contributed by atoms with Gasteiger partial charge in [0.25, 0.3) is 0 Å². The highest BCUT2D eigenvalue weighted by Crippen LogP contribution is 2.21. The Balaban J connectivity index is 3.32. The zero-order valence-corrected chi connectivity index (χ0v) is 61.9. The van der Waals surface area contributed by atoms with E-state index in [2.05, 4.69) is 19.2 Å². The lowest BCUT2D eigenvalue weighted by Gasteiger charge is -2.22.